The lowest BCUT2D eigenvalue weighted by Crippen LogP contribution is -2.36. The summed E-state index contributed by atoms with van der Waals surface area (Å²) in [5, 5.41) is 2.77. The summed E-state index contributed by atoms with van der Waals surface area (Å²) < 4.78 is 15.5. The number of furan rings is 1. The Bertz CT molecular complexity index is 528. The number of hydrogen-bond acceptors (Lipinski definition) is 5. The van der Waals surface area contributed by atoms with Crippen LogP contribution in [-0.4, -0.2) is 24.3 Å². The molecule has 1 N–H and O–H groups in total. The van der Waals surface area contributed by atoms with Crippen molar-refractivity contribution in [2.75, 3.05) is 6.61 Å². The van der Waals surface area contributed by atoms with Gasteiger partial charge in [-0.2, -0.15) is 0 Å². The quantitative estimate of drug-likeness (QED) is 0.639. The monoisotopic (exact) mass is 323 g/mol. The standard InChI is InChI=1S/C17H25NO5/c1-6-21-14(19)10-9-12(2)15(13-8-7-11-22-13)18-16(20)23-17(3,4)5/h7-12,15H,6H2,1-5H3,(H,18,20)/t12-,15+/m1/s1. The second-order valence-corrected chi connectivity index (χ2v) is 6.11. The molecule has 1 amide bonds. The van der Waals surface area contributed by atoms with Gasteiger partial charge in [-0.1, -0.05) is 13.0 Å². The summed E-state index contributed by atoms with van der Waals surface area (Å²) >= 11 is 0. The molecule has 128 valence electrons. The first-order valence-corrected chi connectivity index (χ1v) is 7.60. The van der Waals surface area contributed by atoms with Crippen molar-refractivity contribution in [1.29, 1.82) is 0 Å². The first kappa shape index (κ1) is 18.8. The van der Waals surface area contributed by atoms with Crippen molar-refractivity contribution in [2.45, 2.75) is 46.3 Å². The lowest BCUT2D eigenvalue weighted by atomic mass is 9.99. The number of rotatable bonds is 6. The van der Waals surface area contributed by atoms with Crippen LogP contribution in [0.25, 0.3) is 0 Å². The largest absolute Gasteiger partial charge is 0.467 e. The van der Waals surface area contributed by atoms with Gasteiger partial charge in [0.1, 0.15) is 11.4 Å². The van der Waals surface area contributed by atoms with E-state index in [-0.39, 0.29) is 5.92 Å². The van der Waals surface area contributed by atoms with Gasteiger partial charge in [0.15, 0.2) is 0 Å². The first-order chi connectivity index (χ1) is 10.7. The maximum atomic E-state index is 12.0. The van der Waals surface area contributed by atoms with E-state index >= 15 is 0 Å². The predicted octanol–water partition coefficient (Wildman–Crippen LogP) is 3.60. The fraction of sp³-hybridized carbons (Fsp3) is 0.529. The highest BCUT2D eigenvalue weighted by Crippen LogP contribution is 2.24. The van der Waals surface area contributed by atoms with Crippen LogP contribution in [0.15, 0.2) is 35.0 Å². The molecule has 0 aromatic carbocycles. The van der Waals surface area contributed by atoms with Gasteiger partial charge in [-0.15, -0.1) is 0 Å². The molecular weight excluding hydrogens is 298 g/mol. The van der Waals surface area contributed by atoms with Crippen molar-refractivity contribution in [1.82, 2.24) is 5.32 Å². The lowest BCUT2D eigenvalue weighted by Gasteiger charge is -2.25. The topological polar surface area (TPSA) is 77.8 Å². The zero-order chi connectivity index (χ0) is 17.5. The van der Waals surface area contributed by atoms with E-state index < -0.39 is 23.7 Å². The maximum absolute atomic E-state index is 12.0. The zero-order valence-electron chi connectivity index (χ0n) is 14.3. The molecule has 0 saturated heterocycles. The number of alkyl carbamates (subject to hydrolysis) is 1. The van der Waals surface area contributed by atoms with Crippen molar-refractivity contribution in [3.8, 4) is 0 Å². The highest BCUT2D eigenvalue weighted by Gasteiger charge is 2.25. The molecular formula is C17H25NO5. The van der Waals surface area contributed by atoms with Gasteiger partial charge < -0.3 is 19.2 Å². The second kappa shape index (κ2) is 8.41. The Labute approximate surface area is 136 Å². The van der Waals surface area contributed by atoms with E-state index in [9.17, 15) is 9.59 Å². The van der Waals surface area contributed by atoms with Crippen molar-refractivity contribution >= 4 is 12.1 Å². The average Bonchev–Trinajstić information content (AvgIpc) is 2.94. The molecule has 1 aromatic rings. The number of carbonyl (C=O) groups excluding carboxylic acids is 2. The number of hydrogen-bond donors (Lipinski definition) is 1. The SMILES string of the molecule is CCOC(=O)C=C[C@@H](C)[C@H](NC(=O)OC(C)(C)C)c1ccco1. The van der Waals surface area contributed by atoms with E-state index in [1.807, 2.05) is 6.92 Å². The van der Waals surface area contributed by atoms with Gasteiger partial charge in [0.25, 0.3) is 0 Å². The minimum atomic E-state index is -0.595. The van der Waals surface area contributed by atoms with Crippen LogP contribution in [0.1, 0.15) is 46.4 Å². The van der Waals surface area contributed by atoms with Gasteiger partial charge >= 0.3 is 12.1 Å². The molecule has 0 aliphatic heterocycles. The molecule has 6 heteroatoms. The minimum absolute atomic E-state index is 0.196. The number of ether oxygens (including phenoxy) is 2. The van der Waals surface area contributed by atoms with Crippen LogP contribution in [-0.2, 0) is 14.3 Å². The summed E-state index contributed by atoms with van der Waals surface area (Å²) in [6.07, 6.45) is 4.00. The van der Waals surface area contributed by atoms with Crippen molar-refractivity contribution in [2.24, 2.45) is 5.92 Å². The molecule has 0 aliphatic carbocycles. The molecule has 0 unspecified atom stereocenters. The molecule has 23 heavy (non-hydrogen) atoms. The summed E-state index contributed by atoms with van der Waals surface area (Å²) in [4.78, 5) is 23.4. The van der Waals surface area contributed by atoms with E-state index in [4.69, 9.17) is 13.9 Å². The fourth-order valence-electron chi connectivity index (χ4n) is 1.90. The van der Waals surface area contributed by atoms with E-state index in [1.165, 1.54) is 12.3 Å². The third kappa shape index (κ3) is 7.04. The van der Waals surface area contributed by atoms with Gasteiger partial charge in [-0.3, -0.25) is 0 Å². The Morgan fingerprint density at radius 3 is 2.61 bits per heavy atom. The fourth-order valence-corrected chi connectivity index (χ4v) is 1.90. The van der Waals surface area contributed by atoms with Crippen LogP contribution in [0, 0.1) is 5.92 Å². The van der Waals surface area contributed by atoms with Gasteiger partial charge in [-0.25, -0.2) is 9.59 Å². The predicted molar refractivity (Wildman–Crippen MR) is 85.8 cm³/mol. The Balaban J connectivity index is 2.81. The number of esters is 1. The smallest absolute Gasteiger partial charge is 0.408 e. The van der Waals surface area contributed by atoms with Gasteiger partial charge in [0, 0.05) is 12.0 Å². The highest BCUT2D eigenvalue weighted by molar-refractivity contribution is 5.81. The molecule has 1 heterocycles. The minimum Gasteiger partial charge on any atom is -0.467 e. The first-order valence-electron chi connectivity index (χ1n) is 7.60. The Hall–Kier alpha value is -2.24. The van der Waals surface area contributed by atoms with E-state index in [1.54, 1.807) is 45.9 Å². The summed E-state index contributed by atoms with van der Waals surface area (Å²) in [7, 11) is 0. The molecule has 6 nitrogen and oxygen atoms in total. The molecule has 0 bridgehead atoms. The summed E-state index contributed by atoms with van der Waals surface area (Å²) in [6, 6.07) is 3.04. The molecule has 0 saturated carbocycles. The molecule has 0 fully saturated rings. The molecule has 1 aromatic heterocycles. The third-order valence-corrected chi connectivity index (χ3v) is 2.87. The highest BCUT2D eigenvalue weighted by atomic mass is 16.6. The molecule has 1 rings (SSSR count). The van der Waals surface area contributed by atoms with Crippen LogP contribution >= 0.6 is 0 Å². The lowest BCUT2D eigenvalue weighted by molar-refractivity contribution is -0.137. The Morgan fingerprint density at radius 2 is 2.09 bits per heavy atom. The van der Waals surface area contributed by atoms with Gasteiger partial charge in [0.05, 0.1) is 18.9 Å². The van der Waals surface area contributed by atoms with Crippen molar-refractivity contribution in [3.05, 3.63) is 36.3 Å². The summed E-state index contributed by atoms with van der Waals surface area (Å²) in [5.41, 5.74) is -0.595. The van der Waals surface area contributed by atoms with Crippen LogP contribution in [0.4, 0.5) is 4.79 Å². The van der Waals surface area contributed by atoms with E-state index in [2.05, 4.69) is 5.32 Å². The van der Waals surface area contributed by atoms with Crippen molar-refractivity contribution < 1.29 is 23.5 Å². The second-order valence-electron chi connectivity index (χ2n) is 6.11. The molecule has 0 spiro atoms. The summed E-state index contributed by atoms with van der Waals surface area (Å²) in [6.45, 7) is 9.29. The average molecular weight is 323 g/mol. The number of carbonyl (C=O) groups is 2. The Morgan fingerprint density at radius 1 is 1.39 bits per heavy atom. The van der Waals surface area contributed by atoms with E-state index in [0.29, 0.717) is 12.4 Å². The Kier molecular flexibility index (Phi) is 6.88. The molecule has 2 atom stereocenters. The van der Waals surface area contributed by atoms with Crippen molar-refractivity contribution in [3.63, 3.8) is 0 Å². The van der Waals surface area contributed by atoms with Crippen LogP contribution in [0.5, 0.6) is 0 Å². The van der Waals surface area contributed by atoms with Crippen LogP contribution in [0.3, 0.4) is 0 Å². The normalized spacial score (nSPS) is 14.3. The molecule has 0 aliphatic rings. The maximum Gasteiger partial charge on any atom is 0.408 e. The zero-order valence-corrected chi connectivity index (χ0v) is 14.3. The van der Waals surface area contributed by atoms with Crippen LogP contribution < -0.4 is 5.32 Å². The molecule has 0 radical (unpaired) electrons. The number of nitrogens with one attached hydrogen (secondary N) is 1. The number of amides is 1. The van der Waals surface area contributed by atoms with E-state index in [0.717, 1.165) is 0 Å². The van der Waals surface area contributed by atoms with Crippen LogP contribution in [0.2, 0.25) is 0 Å². The van der Waals surface area contributed by atoms with Gasteiger partial charge in [-0.05, 0) is 39.8 Å². The van der Waals surface area contributed by atoms with Gasteiger partial charge in [0.2, 0.25) is 0 Å². The third-order valence-electron chi connectivity index (χ3n) is 2.87. The summed E-state index contributed by atoms with van der Waals surface area (Å²) in [5.74, 6) is -0.0373.